The van der Waals surface area contributed by atoms with Crippen LogP contribution in [0.4, 0.5) is 0 Å². The van der Waals surface area contributed by atoms with Crippen LogP contribution in [0.1, 0.15) is 53.7 Å². The topological polar surface area (TPSA) is 88.5 Å². The van der Waals surface area contributed by atoms with Crippen LogP contribution in [-0.4, -0.2) is 35.1 Å². The molecule has 0 spiro atoms. The number of carbonyl (C=O) groups is 2. The van der Waals surface area contributed by atoms with Gasteiger partial charge in [0.05, 0.1) is 13.0 Å². The van der Waals surface area contributed by atoms with Crippen molar-refractivity contribution in [3.05, 3.63) is 22.9 Å². The van der Waals surface area contributed by atoms with Crippen LogP contribution in [0.25, 0.3) is 0 Å². The number of rotatable bonds is 4. The van der Waals surface area contributed by atoms with Crippen LogP contribution < -0.4 is 10.1 Å². The molecule has 1 aromatic rings. The van der Waals surface area contributed by atoms with Crippen LogP contribution in [0.5, 0.6) is 5.88 Å². The Hall–Kier alpha value is -2.11. The summed E-state index contributed by atoms with van der Waals surface area (Å²) in [6, 6.07) is 1.92. The fraction of sp³-hybridized carbons (Fsp3) is 0.588. The third-order valence-corrected chi connectivity index (χ3v) is 4.87. The zero-order valence-corrected chi connectivity index (χ0v) is 13.3. The fourth-order valence-electron chi connectivity index (χ4n) is 3.52. The highest BCUT2D eigenvalue weighted by molar-refractivity contribution is 5.96. The SMILES string of the molecule is COc1nc2c(cc1C(=O)NC1CCC(C(=O)O)CC1)CCC2. The maximum absolute atomic E-state index is 12.6. The monoisotopic (exact) mass is 318 g/mol. The normalized spacial score (nSPS) is 23.2. The average Bonchev–Trinajstić information content (AvgIpc) is 3.01. The zero-order chi connectivity index (χ0) is 16.4. The minimum absolute atomic E-state index is 0.0241. The van der Waals surface area contributed by atoms with Crippen molar-refractivity contribution in [2.75, 3.05) is 7.11 Å². The van der Waals surface area contributed by atoms with E-state index in [0.717, 1.165) is 30.5 Å². The Morgan fingerprint density at radius 3 is 2.65 bits per heavy atom. The van der Waals surface area contributed by atoms with Crippen LogP contribution in [0.2, 0.25) is 0 Å². The summed E-state index contributed by atoms with van der Waals surface area (Å²) < 4.78 is 5.28. The number of pyridine rings is 1. The molecule has 2 N–H and O–H groups in total. The molecule has 0 unspecified atom stereocenters. The number of carboxylic acids is 1. The second-order valence-electron chi connectivity index (χ2n) is 6.36. The van der Waals surface area contributed by atoms with Gasteiger partial charge in [0.2, 0.25) is 5.88 Å². The second-order valence-corrected chi connectivity index (χ2v) is 6.36. The first-order valence-electron chi connectivity index (χ1n) is 8.19. The molecule has 0 bridgehead atoms. The Morgan fingerprint density at radius 2 is 2.00 bits per heavy atom. The molecule has 3 rings (SSSR count). The van der Waals surface area contributed by atoms with Gasteiger partial charge in [-0.05, 0) is 56.6 Å². The predicted octanol–water partition coefficient (Wildman–Crippen LogP) is 1.95. The van der Waals surface area contributed by atoms with Crippen LogP contribution >= 0.6 is 0 Å². The van der Waals surface area contributed by atoms with Gasteiger partial charge in [-0.2, -0.15) is 0 Å². The van der Waals surface area contributed by atoms with Gasteiger partial charge in [0.1, 0.15) is 5.56 Å². The Balaban J connectivity index is 1.68. The number of aryl methyl sites for hydroxylation is 2. The van der Waals surface area contributed by atoms with Crippen LogP contribution in [0, 0.1) is 5.92 Å². The van der Waals surface area contributed by atoms with Gasteiger partial charge in [-0.15, -0.1) is 0 Å². The lowest BCUT2D eigenvalue weighted by atomic mass is 9.86. The first kappa shape index (κ1) is 15.8. The molecule has 6 heteroatoms. The maximum atomic E-state index is 12.6. The molecule has 0 aromatic carbocycles. The minimum Gasteiger partial charge on any atom is -0.481 e. The van der Waals surface area contributed by atoms with Crippen molar-refractivity contribution in [2.24, 2.45) is 5.92 Å². The average molecular weight is 318 g/mol. The van der Waals surface area contributed by atoms with Crippen LogP contribution in [0.3, 0.4) is 0 Å². The fourth-order valence-corrected chi connectivity index (χ4v) is 3.52. The van der Waals surface area contributed by atoms with Gasteiger partial charge in [0.15, 0.2) is 0 Å². The number of carbonyl (C=O) groups excluding carboxylic acids is 1. The summed E-state index contributed by atoms with van der Waals surface area (Å²) in [7, 11) is 1.53. The molecule has 0 saturated heterocycles. The molecule has 1 amide bonds. The predicted molar refractivity (Wildman–Crippen MR) is 83.7 cm³/mol. The minimum atomic E-state index is -0.737. The Morgan fingerprint density at radius 1 is 1.26 bits per heavy atom. The molecule has 2 aliphatic carbocycles. The Labute approximate surface area is 135 Å². The summed E-state index contributed by atoms with van der Waals surface area (Å²) in [4.78, 5) is 28.0. The molecule has 1 saturated carbocycles. The lowest BCUT2D eigenvalue weighted by Gasteiger charge is -2.27. The van der Waals surface area contributed by atoms with E-state index in [9.17, 15) is 9.59 Å². The third kappa shape index (κ3) is 3.30. The maximum Gasteiger partial charge on any atom is 0.306 e. The van der Waals surface area contributed by atoms with Crippen molar-refractivity contribution in [1.82, 2.24) is 10.3 Å². The molecule has 23 heavy (non-hydrogen) atoms. The van der Waals surface area contributed by atoms with Crippen LogP contribution in [0.15, 0.2) is 6.07 Å². The van der Waals surface area contributed by atoms with Gasteiger partial charge < -0.3 is 15.2 Å². The third-order valence-electron chi connectivity index (χ3n) is 4.87. The Kier molecular flexibility index (Phi) is 4.50. The Bertz CT molecular complexity index is 621. The number of methoxy groups -OCH3 is 1. The summed E-state index contributed by atoms with van der Waals surface area (Å²) in [5.74, 6) is -0.816. The van der Waals surface area contributed by atoms with E-state index in [2.05, 4.69) is 10.3 Å². The highest BCUT2D eigenvalue weighted by atomic mass is 16.5. The van der Waals surface area contributed by atoms with E-state index < -0.39 is 5.97 Å². The molecule has 124 valence electrons. The van der Waals surface area contributed by atoms with Crippen molar-refractivity contribution < 1.29 is 19.4 Å². The van der Waals surface area contributed by atoms with E-state index in [-0.39, 0.29) is 17.9 Å². The number of carboxylic acid groups (broad SMARTS) is 1. The van der Waals surface area contributed by atoms with Gasteiger partial charge in [-0.3, -0.25) is 9.59 Å². The van der Waals surface area contributed by atoms with Gasteiger partial charge in [0.25, 0.3) is 5.91 Å². The first-order valence-corrected chi connectivity index (χ1v) is 8.19. The lowest BCUT2D eigenvalue weighted by molar-refractivity contribution is -0.142. The largest absolute Gasteiger partial charge is 0.481 e. The summed E-state index contributed by atoms with van der Waals surface area (Å²) in [6.45, 7) is 0. The number of hydrogen-bond acceptors (Lipinski definition) is 4. The standard InChI is InChI=1S/C17H22N2O4/c1-23-16-13(9-11-3-2-4-14(11)19-16)15(20)18-12-7-5-10(6-8-12)17(21)22/h9-10,12H,2-8H2,1H3,(H,18,20)(H,21,22). The molecule has 1 aromatic heterocycles. The second kappa shape index (κ2) is 6.56. The van der Waals surface area contributed by atoms with Crippen LogP contribution in [-0.2, 0) is 17.6 Å². The lowest BCUT2D eigenvalue weighted by Crippen LogP contribution is -2.39. The molecular weight excluding hydrogens is 296 g/mol. The number of aliphatic carboxylic acids is 1. The van der Waals surface area contributed by atoms with Gasteiger partial charge in [-0.1, -0.05) is 0 Å². The number of aromatic nitrogens is 1. The van der Waals surface area contributed by atoms with E-state index in [1.807, 2.05) is 6.07 Å². The number of nitrogens with one attached hydrogen (secondary N) is 1. The first-order chi connectivity index (χ1) is 11.1. The summed E-state index contributed by atoms with van der Waals surface area (Å²) in [5.41, 5.74) is 2.64. The van der Waals surface area contributed by atoms with Gasteiger partial charge in [0, 0.05) is 11.7 Å². The number of nitrogens with zero attached hydrogens (tertiary/aromatic N) is 1. The van der Waals surface area contributed by atoms with Gasteiger partial charge in [-0.25, -0.2) is 4.98 Å². The van der Waals surface area contributed by atoms with Crippen molar-refractivity contribution in [3.63, 3.8) is 0 Å². The molecule has 1 heterocycles. The van der Waals surface area contributed by atoms with E-state index >= 15 is 0 Å². The van der Waals surface area contributed by atoms with Crippen molar-refractivity contribution in [3.8, 4) is 5.88 Å². The van der Waals surface area contributed by atoms with E-state index in [1.165, 1.54) is 7.11 Å². The van der Waals surface area contributed by atoms with E-state index in [0.29, 0.717) is 37.1 Å². The smallest absolute Gasteiger partial charge is 0.306 e. The number of ether oxygens (including phenoxy) is 1. The molecule has 0 atom stereocenters. The van der Waals surface area contributed by atoms with Crippen molar-refractivity contribution in [2.45, 2.75) is 51.0 Å². The van der Waals surface area contributed by atoms with E-state index in [1.54, 1.807) is 0 Å². The number of hydrogen-bond donors (Lipinski definition) is 2. The summed E-state index contributed by atoms with van der Waals surface area (Å²) in [5, 5.41) is 12.0. The molecule has 6 nitrogen and oxygen atoms in total. The zero-order valence-electron chi connectivity index (χ0n) is 13.3. The quantitative estimate of drug-likeness (QED) is 0.886. The molecule has 0 radical (unpaired) electrons. The number of fused-ring (bicyclic) bond motifs is 1. The van der Waals surface area contributed by atoms with E-state index in [4.69, 9.17) is 9.84 Å². The summed E-state index contributed by atoms with van der Waals surface area (Å²) >= 11 is 0. The van der Waals surface area contributed by atoms with Gasteiger partial charge >= 0.3 is 5.97 Å². The molecule has 1 fully saturated rings. The molecule has 0 aliphatic heterocycles. The van der Waals surface area contributed by atoms with Crippen molar-refractivity contribution >= 4 is 11.9 Å². The molecule has 2 aliphatic rings. The molecular formula is C17H22N2O4. The summed E-state index contributed by atoms with van der Waals surface area (Å²) in [6.07, 6.45) is 5.57. The highest BCUT2D eigenvalue weighted by Crippen LogP contribution is 2.28. The number of amides is 1. The van der Waals surface area contributed by atoms with Crippen molar-refractivity contribution in [1.29, 1.82) is 0 Å². The highest BCUT2D eigenvalue weighted by Gasteiger charge is 2.28.